The molecule has 0 aromatic heterocycles. The van der Waals surface area contributed by atoms with Crippen LogP contribution in [-0.4, -0.2) is 23.0 Å². The molecular weight excluding hydrogens is 276 g/mol. The number of carboxylic acid groups (broad SMARTS) is 1. The van der Waals surface area contributed by atoms with Gasteiger partial charge in [0.1, 0.15) is 0 Å². The molecule has 0 unspecified atom stereocenters. The number of aromatic carboxylic acids is 1. The lowest BCUT2D eigenvalue weighted by Gasteiger charge is -2.11. The molecule has 1 rings (SSSR count). The first-order valence-corrected chi connectivity index (χ1v) is 5.31. The van der Waals surface area contributed by atoms with Crippen LogP contribution in [0.3, 0.4) is 0 Å². The number of benzene rings is 1. The summed E-state index contributed by atoms with van der Waals surface area (Å²) >= 11 is 3.17. The van der Waals surface area contributed by atoms with Crippen molar-refractivity contribution >= 4 is 33.5 Å². The Morgan fingerprint density at radius 3 is 2.62 bits per heavy atom. The van der Waals surface area contributed by atoms with Crippen LogP contribution in [0.1, 0.15) is 17.3 Å². The first-order chi connectivity index (χ1) is 7.43. The molecule has 4 N–H and O–H groups in total. The summed E-state index contributed by atoms with van der Waals surface area (Å²) in [6.45, 7) is 1.52. The minimum Gasteiger partial charge on any atom is -0.478 e. The van der Waals surface area contributed by atoms with Crippen molar-refractivity contribution in [1.82, 2.24) is 0 Å². The molecule has 0 aliphatic heterocycles. The SMILES string of the molecule is C[C@@H](N)C(=O)Nc1c(Br)cccc1C(=O)O. The number of rotatable bonds is 3. The third kappa shape index (κ3) is 2.80. The number of para-hydroxylation sites is 1. The highest BCUT2D eigenvalue weighted by Gasteiger charge is 2.16. The van der Waals surface area contributed by atoms with Crippen molar-refractivity contribution < 1.29 is 14.7 Å². The summed E-state index contributed by atoms with van der Waals surface area (Å²) < 4.78 is 0.501. The quantitative estimate of drug-likeness (QED) is 0.784. The molecule has 16 heavy (non-hydrogen) atoms. The number of nitrogens with two attached hydrogens (primary N) is 1. The van der Waals surface area contributed by atoms with Crippen LogP contribution in [0.4, 0.5) is 5.69 Å². The fraction of sp³-hybridized carbons (Fsp3) is 0.200. The topological polar surface area (TPSA) is 92.4 Å². The third-order valence-corrected chi connectivity index (χ3v) is 2.57. The Morgan fingerprint density at radius 2 is 2.12 bits per heavy atom. The van der Waals surface area contributed by atoms with Gasteiger partial charge in [0.2, 0.25) is 5.91 Å². The number of halogens is 1. The summed E-state index contributed by atoms with van der Waals surface area (Å²) in [6, 6.07) is 3.93. The molecular formula is C10H11BrN2O3. The summed E-state index contributed by atoms with van der Waals surface area (Å²) in [5.41, 5.74) is 5.62. The largest absolute Gasteiger partial charge is 0.478 e. The highest BCUT2D eigenvalue weighted by molar-refractivity contribution is 9.10. The van der Waals surface area contributed by atoms with Gasteiger partial charge in [0, 0.05) is 4.47 Å². The number of carboxylic acids is 1. The van der Waals surface area contributed by atoms with Crippen molar-refractivity contribution in [3.05, 3.63) is 28.2 Å². The average molecular weight is 287 g/mol. The van der Waals surface area contributed by atoms with Gasteiger partial charge in [-0.05, 0) is 35.0 Å². The van der Waals surface area contributed by atoms with Gasteiger partial charge in [-0.2, -0.15) is 0 Å². The zero-order valence-corrected chi connectivity index (χ0v) is 10.1. The summed E-state index contributed by atoms with van der Waals surface area (Å²) in [4.78, 5) is 22.3. The van der Waals surface area contributed by atoms with E-state index in [0.717, 1.165) is 0 Å². The van der Waals surface area contributed by atoms with Crippen molar-refractivity contribution in [3.8, 4) is 0 Å². The fourth-order valence-electron chi connectivity index (χ4n) is 1.07. The van der Waals surface area contributed by atoms with Crippen LogP contribution in [-0.2, 0) is 4.79 Å². The van der Waals surface area contributed by atoms with E-state index >= 15 is 0 Å². The smallest absolute Gasteiger partial charge is 0.337 e. The lowest BCUT2D eigenvalue weighted by Crippen LogP contribution is -2.33. The number of amides is 1. The molecule has 0 heterocycles. The predicted octanol–water partition coefficient (Wildman–Crippen LogP) is 1.43. The molecule has 1 atom stereocenters. The van der Waals surface area contributed by atoms with Gasteiger partial charge >= 0.3 is 5.97 Å². The summed E-state index contributed by atoms with van der Waals surface area (Å²) in [5, 5.41) is 11.4. The molecule has 0 aliphatic carbocycles. The Bertz CT molecular complexity index is 432. The molecule has 1 aromatic carbocycles. The molecule has 1 amide bonds. The molecule has 0 fully saturated rings. The van der Waals surface area contributed by atoms with Crippen LogP contribution in [0.5, 0.6) is 0 Å². The van der Waals surface area contributed by atoms with Crippen molar-refractivity contribution in [1.29, 1.82) is 0 Å². The second-order valence-corrected chi connectivity index (χ2v) is 4.10. The maximum Gasteiger partial charge on any atom is 0.337 e. The summed E-state index contributed by atoms with van der Waals surface area (Å²) in [7, 11) is 0. The maximum absolute atomic E-state index is 11.4. The molecule has 0 bridgehead atoms. The van der Waals surface area contributed by atoms with Crippen molar-refractivity contribution in [2.45, 2.75) is 13.0 Å². The molecule has 0 spiro atoms. The Kier molecular flexibility index (Phi) is 4.03. The molecule has 1 aromatic rings. The van der Waals surface area contributed by atoms with E-state index < -0.39 is 17.9 Å². The number of hydrogen-bond donors (Lipinski definition) is 3. The number of nitrogens with one attached hydrogen (secondary N) is 1. The van der Waals surface area contributed by atoms with E-state index in [4.69, 9.17) is 10.8 Å². The van der Waals surface area contributed by atoms with Gasteiger partial charge in [-0.1, -0.05) is 6.07 Å². The second kappa shape index (κ2) is 5.09. The first kappa shape index (κ1) is 12.7. The van der Waals surface area contributed by atoms with Crippen LogP contribution in [0.2, 0.25) is 0 Å². The minimum absolute atomic E-state index is 0.0170. The van der Waals surface area contributed by atoms with Crippen LogP contribution in [0.15, 0.2) is 22.7 Å². The van der Waals surface area contributed by atoms with Crippen LogP contribution in [0, 0.1) is 0 Å². The van der Waals surface area contributed by atoms with E-state index in [0.29, 0.717) is 4.47 Å². The second-order valence-electron chi connectivity index (χ2n) is 3.25. The normalized spacial score (nSPS) is 11.9. The van der Waals surface area contributed by atoms with Crippen LogP contribution in [0.25, 0.3) is 0 Å². The maximum atomic E-state index is 11.4. The third-order valence-electron chi connectivity index (χ3n) is 1.91. The van der Waals surface area contributed by atoms with E-state index in [1.165, 1.54) is 13.0 Å². The number of hydrogen-bond acceptors (Lipinski definition) is 3. The van der Waals surface area contributed by atoms with Crippen molar-refractivity contribution in [2.24, 2.45) is 5.73 Å². The lowest BCUT2D eigenvalue weighted by atomic mass is 10.1. The van der Waals surface area contributed by atoms with E-state index in [1.807, 2.05) is 0 Å². The van der Waals surface area contributed by atoms with E-state index in [9.17, 15) is 9.59 Å². The zero-order chi connectivity index (χ0) is 12.3. The predicted molar refractivity (Wildman–Crippen MR) is 63.4 cm³/mol. The molecule has 0 saturated heterocycles. The fourth-order valence-corrected chi connectivity index (χ4v) is 1.53. The van der Waals surface area contributed by atoms with Gasteiger partial charge in [-0.15, -0.1) is 0 Å². The van der Waals surface area contributed by atoms with Crippen LogP contribution >= 0.6 is 15.9 Å². The van der Waals surface area contributed by atoms with E-state index in [2.05, 4.69) is 21.2 Å². The highest BCUT2D eigenvalue weighted by atomic mass is 79.9. The number of anilines is 1. The summed E-state index contributed by atoms with van der Waals surface area (Å²) in [6.07, 6.45) is 0. The van der Waals surface area contributed by atoms with Crippen LogP contribution < -0.4 is 11.1 Å². The molecule has 0 saturated carbocycles. The Balaban J connectivity index is 3.11. The molecule has 86 valence electrons. The number of carbonyl (C=O) groups excluding carboxylic acids is 1. The average Bonchev–Trinajstić information content (AvgIpc) is 2.20. The minimum atomic E-state index is -1.11. The van der Waals surface area contributed by atoms with Gasteiger partial charge in [-0.25, -0.2) is 4.79 Å². The Labute approximate surface area is 101 Å². The Morgan fingerprint density at radius 1 is 1.50 bits per heavy atom. The summed E-state index contributed by atoms with van der Waals surface area (Å²) in [5.74, 6) is -1.55. The molecule has 0 radical (unpaired) electrons. The van der Waals surface area contributed by atoms with Gasteiger partial charge < -0.3 is 16.2 Å². The molecule has 5 nitrogen and oxygen atoms in total. The zero-order valence-electron chi connectivity index (χ0n) is 8.53. The van der Waals surface area contributed by atoms with E-state index in [-0.39, 0.29) is 11.3 Å². The first-order valence-electron chi connectivity index (χ1n) is 4.51. The monoisotopic (exact) mass is 286 g/mol. The standard InChI is InChI=1S/C10H11BrN2O3/c1-5(12)9(14)13-8-6(10(15)16)3-2-4-7(8)11/h2-5H,12H2,1H3,(H,13,14)(H,15,16)/t5-/m1/s1. The molecule has 6 heteroatoms. The van der Waals surface area contributed by atoms with Crippen molar-refractivity contribution in [3.63, 3.8) is 0 Å². The Hall–Kier alpha value is -1.40. The van der Waals surface area contributed by atoms with Gasteiger partial charge in [0.05, 0.1) is 17.3 Å². The highest BCUT2D eigenvalue weighted by Crippen LogP contribution is 2.26. The van der Waals surface area contributed by atoms with Gasteiger partial charge in [0.25, 0.3) is 0 Å². The number of carbonyl (C=O) groups is 2. The van der Waals surface area contributed by atoms with Gasteiger partial charge in [-0.3, -0.25) is 4.79 Å². The molecule has 0 aliphatic rings. The van der Waals surface area contributed by atoms with Gasteiger partial charge in [0.15, 0.2) is 0 Å². The lowest BCUT2D eigenvalue weighted by molar-refractivity contribution is -0.117. The van der Waals surface area contributed by atoms with Crippen molar-refractivity contribution in [2.75, 3.05) is 5.32 Å². The van der Waals surface area contributed by atoms with E-state index in [1.54, 1.807) is 12.1 Å².